The van der Waals surface area contributed by atoms with E-state index in [-0.39, 0.29) is 44.1 Å². The Bertz CT molecular complexity index is 2360. The quantitative estimate of drug-likeness (QED) is 0.168. The van der Waals surface area contributed by atoms with Crippen molar-refractivity contribution in [3.8, 4) is 23.2 Å². The molecule has 3 aliphatic heterocycles. The number of thiophene rings is 1. The zero-order valence-electron chi connectivity index (χ0n) is 30.1. The van der Waals surface area contributed by atoms with Crippen molar-refractivity contribution in [2.45, 2.75) is 68.1 Å². The zero-order valence-corrected chi connectivity index (χ0v) is 30.9. The van der Waals surface area contributed by atoms with Crippen LogP contribution in [-0.4, -0.2) is 95.4 Å². The van der Waals surface area contributed by atoms with Crippen molar-refractivity contribution in [1.29, 1.82) is 5.26 Å². The molecule has 58 heavy (non-hydrogen) atoms. The maximum absolute atomic E-state index is 15.7. The number of nitrogens with zero attached hydrogens (tertiary/aromatic N) is 6. The Balaban J connectivity index is 1.37. The number of nitrogens with two attached hydrogens (primary N) is 1. The number of amides is 1. The van der Waals surface area contributed by atoms with E-state index in [0.29, 0.717) is 48.9 Å². The van der Waals surface area contributed by atoms with Crippen molar-refractivity contribution in [3.05, 3.63) is 40.7 Å². The number of hydrogen-bond donors (Lipinski definition) is 1. The van der Waals surface area contributed by atoms with Gasteiger partial charge in [-0.15, -0.1) is 11.3 Å². The Hall–Kier alpha value is -4.71. The average molecular weight is 848 g/mol. The minimum Gasteiger partial charge on any atom is -0.461 e. The van der Waals surface area contributed by atoms with Gasteiger partial charge in [0.15, 0.2) is 0 Å². The number of carbonyl (C=O) groups is 1. The number of anilines is 2. The number of ether oxygens (including phenoxy) is 1. The molecule has 5 heterocycles. The first-order valence-corrected chi connectivity index (χ1v) is 19.0. The number of aromatic nitrogens is 2. The van der Waals surface area contributed by atoms with Crippen LogP contribution in [0.1, 0.15) is 48.8 Å². The highest BCUT2D eigenvalue weighted by molar-refractivity contribution is 7.23. The number of benzene rings is 2. The van der Waals surface area contributed by atoms with E-state index in [9.17, 15) is 27.6 Å². The van der Waals surface area contributed by atoms with E-state index in [1.54, 1.807) is 6.07 Å². The molecule has 0 bridgehead atoms. The number of halogens is 11. The van der Waals surface area contributed by atoms with Gasteiger partial charge in [0, 0.05) is 61.4 Å². The summed E-state index contributed by atoms with van der Waals surface area (Å²) >= 11 is 0.461. The maximum atomic E-state index is 15.7. The first-order valence-electron chi connectivity index (χ1n) is 18.2. The van der Waals surface area contributed by atoms with E-state index in [0.717, 1.165) is 9.80 Å². The molecule has 1 aliphatic carbocycles. The lowest BCUT2D eigenvalue weighted by atomic mass is 9.88. The van der Waals surface area contributed by atoms with Gasteiger partial charge in [0.05, 0.1) is 32.4 Å². The number of carbonyl (C=O) groups excluding carboxylic acids is 1. The summed E-state index contributed by atoms with van der Waals surface area (Å²) in [6, 6.07) is 1.55. The summed E-state index contributed by atoms with van der Waals surface area (Å²) in [6.45, 7) is -2.06. The highest BCUT2D eigenvalue weighted by Crippen LogP contribution is 2.53. The minimum atomic E-state index is -5.66. The monoisotopic (exact) mass is 847 g/mol. The highest BCUT2D eigenvalue weighted by Gasteiger charge is 2.62. The standard InChI is InChI=1S/C37H32F11N7O2S/c38-6-9-55(18-4-8-53(15-18)32(56)23-12-35(23,41)42)31-20-10-22(36(43,44)45)26(19-2-3-24(40)29-25(19)21(13-49)30(50)58-29)27(37(46,47)48)28(20)51-33(52-31)57-16-34-5-1-7-54(34)14-17(39)11-34/h2-3,10,17-18,23H,1,4-9,11-12,14-16,50H2. The summed E-state index contributed by atoms with van der Waals surface area (Å²) in [5.41, 5.74) is -2.85. The molecule has 4 unspecified atom stereocenters. The van der Waals surface area contributed by atoms with Crippen molar-refractivity contribution in [1.82, 2.24) is 19.8 Å². The largest absolute Gasteiger partial charge is 0.461 e. The van der Waals surface area contributed by atoms with Gasteiger partial charge < -0.3 is 20.3 Å². The molecule has 2 aromatic carbocycles. The SMILES string of the molecule is N#Cc1c(N)sc2c(F)ccc(-c3c(C(F)(F)F)cc4c(N(CCF)C5CCN(C(=O)C6CC6(F)F)C5)nc(OCC56CCCN5CC(F)C6)nc4c3C(F)(F)F)c12. The topological polar surface area (TPSA) is 112 Å². The van der Waals surface area contributed by atoms with E-state index in [1.807, 2.05) is 4.90 Å². The Labute approximate surface area is 326 Å². The van der Waals surface area contributed by atoms with E-state index >= 15 is 30.7 Å². The van der Waals surface area contributed by atoms with Gasteiger partial charge in [-0.1, -0.05) is 6.07 Å². The number of likely N-dealkylation sites (tertiary alicyclic amines) is 1. The molecule has 0 spiro atoms. The van der Waals surface area contributed by atoms with Crippen LogP contribution in [0.4, 0.5) is 59.1 Å². The van der Waals surface area contributed by atoms with E-state index in [1.165, 1.54) is 0 Å². The molecule has 0 radical (unpaired) electrons. The molecule has 1 saturated carbocycles. The summed E-state index contributed by atoms with van der Waals surface area (Å²) in [7, 11) is 0. The molecular formula is C37H32F11N7O2S. The Morgan fingerprint density at radius 3 is 2.50 bits per heavy atom. The van der Waals surface area contributed by atoms with Gasteiger partial charge in [0.25, 0.3) is 5.92 Å². The second-order valence-electron chi connectivity index (χ2n) is 15.1. The lowest BCUT2D eigenvalue weighted by molar-refractivity contribution is -0.141. The fraction of sp³-hybridized carbons (Fsp3) is 0.514. The van der Waals surface area contributed by atoms with Crippen molar-refractivity contribution in [2.24, 2.45) is 5.92 Å². The smallest absolute Gasteiger partial charge is 0.419 e. The molecule has 8 rings (SSSR count). The molecule has 4 atom stereocenters. The van der Waals surface area contributed by atoms with Crippen molar-refractivity contribution in [2.75, 3.05) is 56.6 Å². The van der Waals surface area contributed by atoms with Crippen LogP contribution in [0.3, 0.4) is 0 Å². The summed E-state index contributed by atoms with van der Waals surface area (Å²) in [5.74, 6) is -7.40. The van der Waals surface area contributed by atoms with Crippen molar-refractivity contribution in [3.63, 3.8) is 0 Å². The normalized spacial score (nSPS) is 24.4. The van der Waals surface area contributed by atoms with Crippen LogP contribution in [0.2, 0.25) is 0 Å². The van der Waals surface area contributed by atoms with Gasteiger partial charge in [-0.3, -0.25) is 9.69 Å². The van der Waals surface area contributed by atoms with Crippen LogP contribution in [-0.2, 0) is 17.1 Å². The van der Waals surface area contributed by atoms with Gasteiger partial charge in [0.2, 0.25) is 5.91 Å². The molecular weight excluding hydrogens is 815 g/mol. The number of rotatable bonds is 9. The van der Waals surface area contributed by atoms with Gasteiger partial charge >= 0.3 is 18.4 Å². The fourth-order valence-electron chi connectivity index (χ4n) is 8.90. The van der Waals surface area contributed by atoms with Crippen LogP contribution in [0.15, 0.2) is 18.2 Å². The van der Waals surface area contributed by atoms with Crippen LogP contribution in [0, 0.1) is 23.1 Å². The highest BCUT2D eigenvalue weighted by atomic mass is 32.1. The second kappa shape index (κ2) is 14.0. The molecule has 2 aromatic heterocycles. The van der Waals surface area contributed by atoms with Gasteiger partial charge in [-0.2, -0.15) is 41.6 Å². The van der Waals surface area contributed by atoms with E-state index in [4.69, 9.17) is 10.5 Å². The number of nitrogen functional groups attached to an aromatic ring is 1. The lowest BCUT2D eigenvalue weighted by Gasteiger charge is -2.33. The second-order valence-corrected chi connectivity index (χ2v) is 16.2. The molecule has 21 heteroatoms. The minimum absolute atomic E-state index is 0.0197. The molecule has 1 amide bonds. The van der Waals surface area contributed by atoms with Crippen LogP contribution in [0.5, 0.6) is 6.01 Å². The third kappa shape index (κ3) is 6.69. The van der Waals surface area contributed by atoms with E-state index in [2.05, 4.69) is 9.97 Å². The summed E-state index contributed by atoms with van der Waals surface area (Å²) in [4.78, 5) is 25.2. The Kier molecular flexibility index (Phi) is 9.64. The van der Waals surface area contributed by atoms with Gasteiger partial charge in [-0.25, -0.2) is 22.0 Å². The number of fused-ring (bicyclic) bond motifs is 3. The Morgan fingerprint density at radius 1 is 1.10 bits per heavy atom. The zero-order chi connectivity index (χ0) is 41.7. The lowest BCUT2D eigenvalue weighted by Crippen LogP contribution is -2.44. The molecule has 4 aromatic rings. The summed E-state index contributed by atoms with van der Waals surface area (Å²) in [6.07, 6.45) is -12.1. The third-order valence-electron chi connectivity index (χ3n) is 11.6. The molecule has 9 nitrogen and oxygen atoms in total. The molecule has 3 saturated heterocycles. The Morgan fingerprint density at radius 2 is 1.84 bits per heavy atom. The maximum Gasteiger partial charge on any atom is 0.419 e. The first-order chi connectivity index (χ1) is 27.3. The number of nitriles is 1. The van der Waals surface area contributed by atoms with Crippen LogP contribution < -0.4 is 15.4 Å². The molecule has 2 N–H and O–H groups in total. The number of alkyl halides is 10. The summed E-state index contributed by atoms with van der Waals surface area (Å²) < 4.78 is 170. The average Bonchev–Trinajstić information content (AvgIpc) is 3.63. The molecule has 4 fully saturated rings. The molecule has 4 aliphatic rings. The van der Waals surface area contributed by atoms with Crippen LogP contribution >= 0.6 is 11.3 Å². The first kappa shape index (κ1) is 40.1. The van der Waals surface area contributed by atoms with Gasteiger partial charge in [0.1, 0.15) is 48.1 Å². The van der Waals surface area contributed by atoms with Crippen LogP contribution in [0.25, 0.3) is 32.1 Å². The predicted octanol–water partition coefficient (Wildman–Crippen LogP) is 8.13. The molecule has 310 valence electrons. The number of hydrogen-bond acceptors (Lipinski definition) is 9. The van der Waals surface area contributed by atoms with Crippen molar-refractivity contribution >= 4 is 49.1 Å². The van der Waals surface area contributed by atoms with Crippen molar-refractivity contribution < 1.29 is 57.8 Å². The summed E-state index contributed by atoms with van der Waals surface area (Å²) in [5, 5.41) is 8.08. The fourth-order valence-corrected chi connectivity index (χ4v) is 9.85. The van der Waals surface area contributed by atoms with E-state index < -0.39 is 134 Å². The predicted molar refractivity (Wildman–Crippen MR) is 189 cm³/mol. The third-order valence-corrected chi connectivity index (χ3v) is 12.6. The van der Waals surface area contributed by atoms with Gasteiger partial charge in [-0.05, 0) is 43.5 Å².